The molecule has 2 N–H and O–H groups in total. The lowest BCUT2D eigenvalue weighted by Crippen LogP contribution is -2.22. The lowest BCUT2D eigenvalue weighted by molar-refractivity contribution is -0.137. The van der Waals surface area contributed by atoms with Crippen molar-refractivity contribution < 1.29 is 28.2 Å². The Balaban J connectivity index is 2.22. The summed E-state index contributed by atoms with van der Waals surface area (Å²) in [7, 11) is 0. The number of hydrogen-bond donors (Lipinski definition) is 2. The van der Waals surface area contributed by atoms with Crippen LogP contribution in [0.15, 0.2) is 35.3 Å². The topological polar surface area (TPSA) is 92.4 Å². The highest BCUT2D eigenvalue weighted by atomic mass is 19.4. The number of alkyl halides is 3. The van der Waals surface area contributed by atoms with Gasteiger partial charge in [-0.1, -0.05) is 18.2 Å². The molecule has 122 valence electrons. The largest absolute Gasteiger partial charge is 0.503 e. The maximum Gasteiger partial charge on any atom is 0.416 e. The first-order valence-corrected chi connectivity index (χ1v) is 6.38. The first-order valence-electron chi connectivity index (χ1n) is 6.38. The van der Waals surface area contributed by atoms with Gasteiger partial charge in [-0.3, -0.25) is 9.48 Å². The summed E-state index contributed by atoms with van der Waals surface area (Å²) in [5.74, 6) is -2.39. The normalized spacial score (nSPS) is 11.4. The predicted octanol–water partition coefficient (Wildman–Crippen LogP) is 1.91. The second-order valence-corrected chi connectivity index (χ2v) is 4.71. The van der Waals surface area contributed by atoms with E-state index >= 15 is 0 Å². The quantitative estimate of drug-likeness (QED) is 0.894. The smallest absolute Gasteiger partial charge is 0.416 e. The minimum Gasteiger partial charge on any atom is -0.503 e. The molecule has 0 radical (unpaired) electrons. The van der Waals surface area contributed by atoms with Gasteiger partial charge >= 0.3 is 12.1 Å². The number of carbonyl (C=O) groups is 1. The number of carboxylic acid groups (broad SMARTS) is 1. The molecule has 0 amide bonds. The standard InChI is InChI=1S/C14H11F3N2O4/c15-14(16,17)9-3-1-2-8(6-9)4-5-19-7-10(20)12(21)11(18-19)13(22)23/h1-3,6-7,20H,4-5H2,(H,22,23). The van der Waals surface area contributed by atoms with Crippen LogP contribution in [0.4, 0.5) is 13.2 Å². The number of aromatic nitrogens is 2. The van der Waals surface area contributed by atoms with E-state index in [-0.39, 0.29) is 13.0 Å². The molecule has 0 bridgehead atoms. The van der Waals surface area contributed by atoms with E-state index in [9.17, 15) is 27.9 Å². The van der Waals surface area contributed by atoms with Crippen LogP contribution in [0, 0.1) is 0 Å². The van der Waals surface area contributed by atoms with E-state index in [4.69, 9.17) is 5.11 Å². The van der Waals surface area contributed by atoms with Gasteiger partial charge in [0.05, 0.1) is 11.8 Å². The Hall–Kier alpha value is -2.84. The van der Waals surface area contributed by atoms with Crippen molar-refractivity contribution in [3.05, 3.63) is 57.5 Å². The molecule has 0 spiro atoms. The summed E-state index contributed by atoms with van der Waals surface area (Å²) in [6.45, 7) is -0.00453. The van der Waals surface area contributed by atoms with Crippen molar-refractivity contribution >= 4 is 5.97 Å². The third-order valence-corrected chi connectivity index (χ3v) is 3.03. The maximum absolute atomic E-state index is 12.6. The van der Waals surface area contributed by atoms with Gasteiger partial charge in [-0.15, -0.1) is 0 Å². The van der Waals surface area contributed by atoms with Crippen LogP contribution in [0.5, 0.6) is 5.75 Å². The van der Waals surface area contributed by atoms with Crippen molar-refractivity contribution in [1.29, 1.82) is 0 Å². The molecule has 6 nitrogen and oxygen atoms in total. The van der Waals surface area contributed by atoms with E-state index in [1.165, 1.54) is 12.1 Å². The second-order valence-electron chi connectivity index (χ2n) is 4.71. The molecule has 0 aliphatic rings. The van der Waals surface area contributed by atoms with Crippen molar-refractivity contribution in [1.82, 2.24) is 9.78 Å². The molecule has 0 aliphatic carbocycles. The van der Waals surface area contributed by atoms with Crippen LogP contribution in [0.2, 0.25) is 0 Å². The number of aromatic carboxylic acids is 1. The van der Waals surface area contributed by atoms with Crippen LogP contribution in [0.25, 0.3) is 0 Å². The summed E-state index contributed by atoms with van der Waals surface area (Å²) in [5.41, 5.74) is -2.41. The molecule has 0 atom stereocenters. The van der Waals surface area contributed by atoms with Crippen LogP contribution in [-0.4, -0.2) is 26.0 Å². The number of aromatic hydroxyl groups is 1. The van der Waals surface area contributed by atoms with Gasteiger partial charge in [-0.05, 0) is 18.1 Å². The number of hydrogen-bond acceptors (Lipinski definition) is 4. The van der Waals surface area contributed by atoms with Gasteiger partial charge < -0.3 is 10.2 Å². The number of benzene rings is 1. The Labute approximate surface area is 127 Å². The average Bonchev–Trinajstić information content (AvgIpc) is 2.47. The van der Waals surface area contributed by atoms with E-state index in [1.54, 1.807) is 0 Å². The van der Waals surface area contributed by atoms with Crippen LogP contribution in [0.3, 0.4) is 0 Å². The summed E-state index contributed by atoms with van der Waals surface area (Å²) in [4.78, 5) is 22.2. The molecule has 9 heteroatoms. The molecule has 0 fully saturated rings. The number of rotatable bonds is 4. The average molecular weight is 328 g/mol. The molecule has 0 aliphatic heterocycles. The maximum atomic E-state index is 12.6. The fourth-order valence-corrected chi connectivity index (χ4v) is 1.93. The zero-order valence-electron chi connectivity index (χ0n) is 11.5. The molecule has 2 rings (SSSR count). The van der Waals surface area contributed by atoms with Crippen LogP contribution in [-0.2, 0) is 19.1 Å². The van der Waals surface area contributed by atoms with Crippen molar-refractivity contribution in [2.24, 2.45) is 0 Å². The molecular formula is C14H11F3N2O4. The summed E-state index contributed by atoms with van der Waals surface area (Å²) in [6.07, 6.45) is -3.42. The fraction of sp³-hybridized carbons (Fsp3) is 0.214. The second kappa shape index (κ2) is 6.11. The third-order valence-electron chi connectivity index (χ3n) is 3.03. The molecule has 1 aromatic carbocycles. The molecule has 0 saturated heterocycles. The van der Waals surface area contributed by atoms with Crippen molar-refractivity contribution in [3.8, 4) is 5.75 Å². The highest BCUT2D eigenvalue weighted by Gasteiger charge is 2.30. The number of carboxylic acids is 1. The summed E-state index contributed by atoms with van der Waals surface area (Å²) >= 11 is 0. The van der Waals surface area contributed by atoms with Gasteiger partial charge in [-0.25, -0.2) is 4.79 Å². The first kappa shape index (κ1) is 16.5. The Kier molecular flexibility index (Phi) is 4.39. The van der Waals surface area contributed by atoms with Gasteiger partial charge in [0, 0.05) is 6.54 Å². The molecule has 0 unspecified atom stereocenters. The summed E-state index contributed by atoms with van der Waals surface area (Å²) in [6, 6.07) is 4.66. The minimum atomic E-state index is -4.46. The van der Waals surface area contributed by atoms with E-state index in [2.05, 4.69) is 5.10 Å². The number of aryl methyl sites for hydroxylation is 2. The lowest BCUT2D eigenvalue weighted by atomic mass is 10.1. The highest BCUT2D eigenvalue weighted by Crippen LogP contribution is 2.29. The van der Waals surface area contributed by atoms with E-state index in [0.29, 0.717) is 5.56 Å². The molecule has 1 heterocycles. The van der Waals surface area contributed by atoms with Crippen LogP contribution < -0.4 is 5.43 Å². The van der Waals surface area contributed by atoms with Gasteiger partial charge in [-0.2, -0.15) is 18.3 Å². The van der Waals surface area contributed by atoms with Crippen LogP contribution >= 0.6 is 0 Å². The van der Waals surface area contributed by atoms with Gasteiger partial charge in [0.15, 0.2) is 5.75 Å². The number of nitrogens with zero attached hydrogens (tertiary/aromatic N) is 2. The Bertz CT molecular complexity index is 799. The Morgan fingerprint density at radius 1 is 1.30 bits per heavy atom. The summed E-state index contributed by atoms with van der Waals surface area (Å²) < 4.78 is 38.9. The van der Waals surface area contributed by atoms with Crippen molar-refractivity contribution in [2.75, 3.05) is 0 Å². The zero-order valence-corrected chi connectivity index (χ0v) is 11.5. The Morgan fingerprint density at radius 2 is 2.00 bits per heavy atom. The predicted molar refractivity (Wildman–Crippen MR) is 72.3 cm³/mol. The third kappa shape index (κ3) is 3.87. The lowest BCUT2D eigenvalue weighted by Gasteiger charge is -2.10. The molecule has 2 aromatic rings. The van der Waals surface area contributed by atoms with E-state index in [1.807, 2.05) is 0 Å². The zero-order chi connectivity index (χ0) is 17.2. The van der Waals surface area contributed by atoms with Crippen LogP contribution in [0.1, 0.15) is 21.6 Å². The van der Waals surface area contributed by atoms with E-state index in [0.717, 1.165) is 23.0 Å². The monoisotopic (exact) mass is 328 g/mol. The molecular weight excluding hydrogens is 317 g/mol. The fourth-order valence-electron chi connectivity index (χ4n) is 1.93. The van der Waals surface area contributed by atoms with Crippen molar-refractivity contribution in [2.45, 2.75) is 19.1 Å². The van der Waals surface area contributed by atoms with E-state index < -0.39 is 34.6 Å². The van der Waals surface area contributed by atoms with Gasteiger partial charge in [0.1, 0.15) is 0 Å². The van der Waals surface area contributed by atoms with Gasteiger partial charge in [0.2, 0.25) is 5.69 Å². The first-order chi connectivity index (χ1) is 10.7. The molecule has 0 saturated carbocycles. The Morgan fingerprint density at radius 3 is 2.61 bits per heavy atom. The minimum absolute atomic E-state index is 0.00453. The number of halogens is 3. The summed E-state index contributed by atoms with van der Waals surface area (Å²) in [5, 5.41) is 21.7. The van der Waals surface area contributed by atoms with Gasteiger partial charge in [0.25, 0.3) is 5.43 Å². The molecule has 23 heavy (non-hydrogen) atoms. The highest BCUT2D eigenvalue weighted by molar-refractivity contribution is 5.85. The molecule has 1 aromatic heterocycles. The van der Waals surface area contributed by atoms with Crippen molar-refractivity contribution in [3.63, 3.8) is 0 Å². The SMILES string of the molecule is O=C(O)c1nn(CCc2cccc(C(F)(F)F)c2)cc(O)c1=O.